The SMILES string of the molecule is Cl.Cl.NCCc1ccc(Oc2ccc(F)c(C(=O)N3CCC(c4ncn[nH]4)CC3)c2)cc1. The molecule has 3 N–H and O–H groups in total. The van der Waals surface area contributed by atoms with Gasteiger partial charge in [0.25, 0.3) is 5.91 Å². The highest BCUT2D eigenvalue weighted by atomic mass is 35.5. The number of aromatic amines is 1. The number of ether oxygens (including phenoxy) is 1. The lowest BCUT2D eigenvalue weighted by Crippen LogP contribution is -2.38. The molecule has 1 saturated heterocycles. The number of likely N-dealkylation sites (tertiary alicyclic amines) is 1. The Morgan fingerprint density at radius 2 is 1.81 bits per heavy atom. The number of H-pyrrole nitrogens is 1. The summed E-state index contributed by atoms with van der Waals surface area (Å²) in [6, 6.07) is 11.8. The molecule has 0 spiro atoms. The number of carbonyl (C=O) groups excluding carboxylic acids is 1. The first-order chi connectivity index (χ1) is 14.6. The normalized spacial score (nSPS) is 13.8. The Hall–Kier alpha value is -2.68. The van der Waals surface area contributed by atoms with Gasteiger partial charge >= 0.3 is 0 Å². The van der Waals surface area contributed by atoms with Gasteiger partial charge in [-0.3, -0.25) is 9.89 Å². The third-order valence-electron chi connectivity index (χ3n) is 5.36. The first-order valence-corrected chi connectivity index (χ1v) is 10.0. The van der Waals surface area contributed by atoms with Crippen molar-refractivity contribution in [3.8, 4) is 11.5 Å². The maximum atomic E-state index is 14.4. The Balaban J connectivity index is 0.00000181. The van der Waals surface area contributed by atoms with E-state index in [0.29, 0.717) is 31.1 Å². The summed E-state index contributed by atoms with van der Waals surface area (Å²) in [5.41, 5.74) is 6.70. The third kappa shape index (κ3) is 5.97. The number of hydrogen-bond donors (Lipinski definition) is 2. The van der Waals surface area contributed by atoms with Gasteiger partial charge < -0.3 is 15.4 Å². The molecule has 172 valence electrons. The van der Waals surface area contributed by atoms with Crippen LogP contribution in [0.1, 0.15) is 40.5 Å². The first kappa shape index (κ1) is 25.6. The summed E-state index contributed by atoms with van der Waals surface area (Å²) in [5, 5.41) is 6.77. The number of nitrogens with two attached hydrogens (primary N) is 1. The summed E-state index contributed by atoms with van der Waals surface area (Å²) in [4.78, 5) is 18.8. The van der Waals surface area contributed by atoms with Crippen molar-refractivity contribution in [2.75, 3.05) is 19.6 Å². The van der Waals surface area contributed by atoms with Crippen LogP contribution in [0.15, 0.2) is 48.8 Å². The molecule has 1 amide bonds. The molecule has 0 atom stereocenters. The molecule has 1 aromatic heterocycles. The average Bonchev–Trinajstić information content (AvgIpc) is 3.31. The lowest BCUT2D eigenvalue weighted by atomic mass is 9.95. The number of amides is 1. The van der Waals surface area contributed by atoms with Gasteiger partial charge in [0.05, 0.1) is 5.56 Å². The molecular formula is C22H26Cl2FN5O2. The standard InChI is InChI=1S/C22H24FN5O2.2ClH/c23-20-6-5-18(30-17-3-1-15(2-4-17)7-10-24)13-19(20)22(29)28-11-8-16(9-12-28)21-25-14-26-27-21;;/h1-6,13-14,16H,7-12,24H2,(H,25,26,27);2*1H. The zero-order valence-electron chi connectivity index (χ0n) is 17.4. The number of rotatable bonds is 6. The molecule has 0 saturated carbocycles. The zero-order chi connectivity index (χ0) is 20.9. The van der Waals surface area contributed by atoms with Gasteiger partial charge in [-0.2, -0.15) is 5.10 Å². The van der Waals surface area contributed by atoms with Crippen molar-refractivity contribution in [1.82, 2.24) is 20.1 Å². The van der Waals surface area contributed by atoms with Crippen LogP contribution in [0.4, 0.5) is 4.39 Å². The van der Waals surface area contributed by atoms with Crippen LogP contribution in [0.25, 0.3) is 0 Å². The second kappa shape index (κ2) is 11.8. The highest BCUT2D eigenvalue weighted by Gasteiger charge is 2.27. The maximum Gasteiger partial charge on any atom is 0.256 e. The summed E-state index contributed by atoms with van der Waals surface area (Å²) in [7, 11) is 0. The maximum absolute atomic E-state index is 14.4. The number of halogens is 3. The van der Waals surface area contributed by atoms with E-state index in [1.807, 2.05) is 24.3 Å². The van der Waals surface area contributed by atoms with Gasteiger partial charge in [-0.15, -0.1) is 24.8 Å². The van der Waals surface area contributed by atoms with Crippen LogP contribution < -0.4 is 10.5 Å². The summed E-state index contributed by atoms with van der Waals surface area (Å²) in [6.45, 7) is 1.66. The molecule has 0 aliphatic carbocycles. The predicted octanol–water partition coefficient (Wildman–Crippen LogP) is 4.10. The van der Waals surface area contributed by atoms with Crippen molar-refractivity contribution in [3.63, 3.8) is 0 Å². The summed E-state index contributed by atoms with van der Waals surface area (Å²) < 4.78 is 20.2. The number of benzene rings is 2. The number of nitrogens with zero attached hydrogens (tertiary/aromatic N) is 3. The minimum Gasteiger partial charge on any atom is -0.457 e. The van der Waals surface area contributed by atoms with E-state index in [1.165, 1.54) is 24.5 Å². The Labute approximate surface area is 198 Å². The molecular weight excluding hydrogens is 456 g/mol. The largest absolute Gasteiger partial charge is 0.457 e. The predicted molar refractivity (Wildman–Crippen MR) is 124 cm³/mol. The Morgan fingerprint density at radius 1 is 1.12 bits per heavy atom. The second-order valence-corrected chi connectivity index (χ2v) is 7.36. The molecule has 0 bridgehead atoms. The minimum atomic E-state index is -0.553. The molecule has 2 aromatic carbocycles. The average molecular weight is 482 g/mol. The summed E-state index contributed by atoms with van der Waals surface area (Å²) in [6.07, 6.45) is 3.80. The highest BCUT2D eigenvalue weighted by Crippen LogP contribution is 2.28. The monoisotopic (exact) mass is 481 g/mol. The quantitative estimate of drug-likeness (QED) is 0.552. The molecule has 0 unspecified atom stereocenters. The molecule has 7 nitrogen and oxygen atoms in total. The fourth-order valence-electron chi connectivity index (χ4n) is 3.70. The number of piperidine rings is 1. The van der Waals surface area contributed by atoms with Crippen molar-refractivity contribution in [1.29, 1.82) is 0 Å². The first-order valence-electron chi connectivity index (χ1n) is 10.0. The zero-order valence-corrected chi connectivity index (χ0v) is 19.0. The number of hydrogen-bond acceptors (Lipinski definition) is 5. The third-order valence-corrected chi connectivity index (χ3v) is 5.36. The van der Waals surface area contributed by atoms with E-state index in [1.54, 1.807) is 4.90 Å². The van der Waals surface area contributed by atoms with Crippen LogP contribution in [0, 0.1) is 5.82 Å². The second-order valence-electron chi connectivity index (χ2n) is 7.36. The van der Waals surface area contributed by atoms with Crippen LogP contribution in [-0.4, -0.2) is 45.6 Å². The summed E-state index contributed by atoms with van der Waals surface area (Å²) >= 11 is 0. The number of carbonyl (C=O) groups is 1. The van der Waals surface area contributed by atoms with Gasteiger partial charge in [0.15, 0.2) is 0 Å². The van der Waals surface area contributed by atoms with E-state index >= 15 is 0 Å². The van der Waals surface area contributed by atoms with E-state index in [-0.39, 0.29) is 42.2 Å². The topological polar surface area (TPSA) is 97.1 Å². The van der Waals surface area contributed by atoms with Gasteiger partial charge in [0.2, 0.25) is 0 Å². The van der Waals surface area contributed by atoms with Crippen LogP contribution in [0.2, 0.25) is 0 Å². The Morgan fingerprint density at radius 3 is 2.44 bits per heavy atom. The van der Waals surface area contributed by atoms with Crippen LogP contribution >= 0.6 is 24.8 Å². The molecule has 3 aromatic rings. The minimum absolute atomic E-state index is 0. The number of aromatic nitrogens is 3. The fourth-order valence-corrected chi connectivity index (χ4v) is 3.70. The van der Waals surface area contributed by atoms with Crippen molar-refractivity contribution in [2.24, 2.45) is 5.73 Å². The van der Waals surface area contributed by atoms with E-state index in [2.05, 4.69) is 15.2 Å². The van der Waals surface area contributed by atoms with Crippen molar-refractivity contribution in [3.05, 3.63) is 71.6 Å². The highest BCUT2D eigenvalue weighted by molar-refractivity contribution is 5.95. The van der Waals surface area contributed by atoms with Gasteiger partial charge in [-0.25, -0.2) is 9.37 Å². The molecule has 0 radical (unpaired) electrons. The molecule has 10 heteroatoms. The summed E-state index contributed by atoms with van der Waals surface area (Å²) in [5.74, 6) is 1.23. The van der Waals surface area contributed by atoms with Crippen LogP contribution in [-0.2, 0) is 6.42 Å². The Bertz CT molecular complexity index is 994. The smallest absolute Gasteiger partial charge is 0.256 e. The Kier molecular flexibility index (Phi) is 9.43. The van der Waals surface area contributed by atoms with Crippen molar-refractivity contribution < 1.29 is 13.9 Å². The number of nitrogens with one attached hydrogen (secondary N) is 1. The molecule has 1 aliphatic heterocycles. The van der Waals surface area contributed by atoms with Gasteiger partial charge in [0, 0.05) is 19.0 Å². The fraction of sp³-hybridized carbons (Fsp3) is 0.318. The van der Waals surface area contributed by atoms with Gasteiger partial charge in [-0.05, 0) is 61.7 Å². The van der Waals surface area contributed by atoms with E-state index in [4.69, 9.17) is 10.5 Å². The van der Waals surface area contributed by atoms with Gasteiger partial charge in [0.1, 0.15) is 29.5 Å². The van der Waals surface area contributed by atoms with E-state index in [0.717, 1.165) is 30.7 Å². The van der Waals surface area contributed by atoms with Crippen molar-refractivity contribution in [2.45, 2.75) is 25.2 Å². The molecule has 1 aliphatic rings. The van der Waals surface area contributed by atoms with E-state index in [9.17, 15) is 9.18 Å². The van der Waals surface area contributed by atoms with E-state index < -0.39 is 5.82 Å². The van der Waals surface area contributed by atoms with Crippen LogP contribution in [0.3, 0.4) is 0 Å². The molecule has 1 fully saturated rings. The lowest BCUT2D eigenvalue weighted by molar-refractivity contribution is 0.0706. The molecule has 2 heterocycles. The van der Waals surface area contributed by atoms with Gasteiger partial charge in [-0.1, -0.05) is 12.1 Å². The molecule has 4 rings (SSSR count). The van der Waals surface area contributed by atoms with Crippen LogP contribution in [0.5, 0.6) is 11.5 Å². The lowest BCUT2D eigenvalue weighted by Gasteiger charge is -2.31. The van der Waals surface area contributed by atoms with Crippen molar-refractivity contribution >= 4 is 30.7 Å². The molecule has 32 heavy (non-hydrogen) atoms.